The van der Waals surface area contributed by atoms with Crippen molar-refractivity contribution in [3.63, 3.8) is 0 Å². The second kappa shape index (κ2) is 9.23. The van der Waals surface area contributed by atoms with E-state index in [2.05, 4.69) is 48.8 Å². The summed E-state index contributed by atoms with van der Waals surface area (Å²) in [6, 6.07) is 0. The van der Waals surface area contributed by atoms with Gasteiger partial charge in [-0.1, -0.05) is 60.1 Å². The molecule has 1 aliphatic rings. The number of halogens is 1. The van der Waals surface area contributed by atoms with Crippen LogP contribution in [0.1, 0.15) is 54.9 Å². The Morgan fingerprint density at radius 2 is 1.88 bits per heavy atom. The van der Waals surface area contributed by atoms with Gasteiger partial charge in [0.2, 0.25) is 5.95 Å². The van der Waals surface area contributed by atoms with E-state index in [9.17, 15) is 4.57 Å². The van der Waals surface area contributed by atoms with E-state index in [1.807, 2.05) is 32.3 Å². The van der Waals surface area contributed by atoms with Crippen LogP contribution in [-0.2, 0) is 20.3 Å². The lowest BCUT2D eigenvalue weighted by molar-refractivity contribution is 0.0520. The van der Waals surface area contributed by atoms with E-state index < -0.39 is 21.3 Å². The Bertz CT molecular complexity index is 1040. The third kappa shape index (κ3) is 5.03. The highest BCUT2D eigenvalue weighted by Crippen LogP contribution is 2.63. The lowest BCUT2D eigenvalue weighted by Gasteiger charge is -2.41. The van der Waals surface area contributed by atoms with Crippen molar-refractivity contribution in [2.45, 2.75) is 109 Å². The molecular weight excluding hydrogens is 477 g/mol. The molecule has 3 atom stereocenters. The van der Waals surface area contributed by atoms with Gasteiger partial charge in [-0.25, -0.2) is 4.98 Å². The van der Waals surface area contributed by atoms with Gasteiger partial charge in [0.15, 0.2) is 19.1 Å². The molecule has 2 aromatic heterocycles. The lowest BCUT2D eigenvalue weighted by atomic mass is 10.2. The van der Waals surface area contributed by atoms with E-state index >= 15 is 0 Å². The smallest absolute Gasteiger partial charge is 0.223 e. The van der Waals surface area contributed by atoms with Gasteiger partial charge in [0.25, 0.3) is 0 Å². The number of rotatable bonds is 7. The Labute approximate surface area is 203 Å². The van der Waals surface area contributed by atoms with Crippen molar-refractivity contribution in [1.82, 2.24) is 19.5 Å². The summed E-state index contributed by atoms with van der Waals surface area (Å²) in [5.74, 6) is -0.336. The number of nitrogens with two attached hydrogens (primary N) is 1. The molecule has 0 bridgehead atoms. The number of fused-ring (bicyclic) bond motifs is 1. The summed E-state index contributed by atoms with van der Waals surface area (Å²) in [6.07, 6.45) is 1.93. The Morgan fingerprint density at radius 1 is 1.27 bits per heavy atom. The van der Waals surface area contributed by atoms with Gasteiger partial charge in [0.1, 0.15) is 18.5 Å². The first-order chi connectivity index (χ1) is 15.1. The second-order valence-electron chi connectivity index (χ2n) is 11.2. The topological polar surface area (TPSA) is 105 Å². The van der Waals surface area contributed by atoms with Crippen molar-refractivity contribution in [2.24, 2.45) is 0 Å². The molecule has 1 saturated heterocycles. The van der Waals surface area contributed by atoms with Crippen LogP contribution in [0.25, 0.3) is 11.2 Å². The van der Waals surface area contributed by atoms with Crippen LogP contribution >= 0.6 is 18.7 Å². The van der Waals surface area contributed by atoms with Gasteiger partial charge in [0.05, 0.1) is 25.1 Å². The van der Waals surface area contributed by atoms with Gasteiger partial charge in [-0.3, -0.25) is 0 Å². The van der Waals surface area contributed by atoms with Crippen LogP contribution in [0.4, 0.5) is 5.95 Å². The van der Waals surface area contributed by atoms with Gasteiger partial charge in [-0.15, -0.1) is 0 Å². The number of nitrogen functional groups attached to an aromatic ring is 1. The fourth-order valence-corrected chi connectivity index (χ4v) is 9.41. The molecular formula is C22H39ClN5O3PSi. The first-order valence-electron chi connectivity index (χ1n) is 11.6. The molecule has 0 amide bonds. The number of imidazole rings is 1. The molecule has 0 aromatic carbocycles. The predicted molar refractivity (Wildman–Crippen MR) is 138 cm³/mol. The molecule has 1 fully saturated rings. The van der Waals surface area contributed by atoms with Crippen LogP contribution in [0.15, 0.2) is 6.33 Å². The Hall–Kier alpha value is -0.993. The standard InChI is InChI=1S/C22H39ClN5O3PSi/c1-13(2)32(29,14(3)4)20-16(31-33(8,9)22(5,6)7)10-15(30-20)11-28-12-25-17-18(23)26-21(24)27-19(17)28/h12-16,20H,10-11H2,1-9H3,(H2,24,26,27)/t15-,16+,20-/m0/s1. The van der Waals surface area contributed by atoms with Crippen molar-refractivity contribution >= 4 is 44.2 Å². The number of nitrogens with zero attached hydrogens (tertiary/aromatic N) is 4. The average Bonchev–Trinajstić information content (AvgIpc) is 3.24. The van der Waals surface area contributed by atoms with E-state index in [0.717, 1.165) is 0 Å². The normalized spacial score (nSPS) is 22.7. The van der Waals surface area contributed by atoms with Gasteiger partial charge < -0.3 is 24.0 Å². The molecule has 186 valence electrons. The highest BCUT2D eigenvalue weighted by molar-refractivity contribution is 7.65. The molecule has 2 N–H and O–H groups in total. The summed E-state index contributed by atoms with van der Waals surface area (Å²) in [6.45, 7) is 19.8. The minimum absolute atomic E-state index is 0.00665. The van der Waals surface area contributed by atoms with E-state index in [1.165, 1.54) is 0 Å². The van der Waals surface area contributed by atoms with Crippen molar-refractivity contribution in [3.8, 4) is 0 Å². The molecule has 8 nitrogen and oxygen atoms in total. The summed E-state index contributed by atoms with van der Waals surface area (Å²) in [7, 11) is -4.82. The molecule has 3 rings (SSSR count). The SMILES string of the molecule is CC(C)P(=O)(C(C)C)[C@@H]1O[C@H](Cn2cnc3c(Cl)nc(N)nc32)C[C@H]1O[Si](C)(C)C(C)(C)C. The molecule has 0 aliphatic carbocycles. The van der Waals surface area contributed by atoms with Gasteiger partial charge >= 0.3 is 0 Å². The molecule has 1 aliphatic heterocycles. The molecule has 0 spiro atoms. The van der Waals surface area contributed by atoms with Crippen LogP contribution in [0.2, 0.25) is 23.3 Å². The van der Waals surface area contributed by atoms with Crippen LogP contribution < -0.4 is 5.73 Å². The largest absolute Gasteiger partial charge is 0.411 e. The van der Waals surface area contributed by atoms with Crippen LogP contribution in [0, 0.1) is 0 Å². The first-order valence-corrected chi connectivity index (χ1v) is 16.8. The van der Waals surface area contributed by atoms with E-state index in [0.29, 0.717) is 24.1 Å². The molecule has 0 unspecified atom stereocenters. The maximum Gasteiger partial charge on any atom is 0.223 e. The summed E-state index contributed by atoms with van der Waals surface area (Å²) < 4.78 is 29.7. The van der Waals surface area contributed by atoms with Crippen LogP contribution in [-0.4, -0.2) is 57.2 Å². The second-order valence-corrected chi connectivity index (χ2v) is 20.4. The highest BCUT2D eigenvalue weighted by atomic mass is 35.5. The molecule has 33 heavy (non-hydrogen) atoms. The zero-order chi connectivity index (χ0) is 24.9. The average molecular weight is 516 g/mol. The Kier molecular flexibility index (Phi) is 7.44. The third-order valence-corrected chi connectivity index (χ3v) is 16.5. The van der Waals surface area contributed by atoms with E-state index in [-0.39, 0.29) is 39.7 Å². The van der Waals surface area contributed by atoms with E-state index in [1.54, 1.807) is 6.33 Å². The van der Waals surface area contributed by atoms with Crippen molar-refractivity contribution in [3.05, 3.63) is 11.5 Å². The third-order valence-electron chi connectivity index (χ3n) is 7.25. The Morgan fingerprint density at radius 3 is 2.42 bits per heavy atom. The lowest BCUT2D eigenvalue weighted by Crippen LogP contribution is -2.46. The molecule has 2 aromatic rings. The quantitative estimate of drug-likeness (QED) is 0.284. The van der Waals surface area contributed by atoms with Crippen LogP contribution in [0.5, 0.6) is 0 Å². The number of hydrogen-bond donors (Lipinski definition) is 1. The fourth-order valence-electron chi connectivity index (χ4n) is 4.31. The number of aromatic nitrogens is 4. The molecule has 3 heterocycles. The number of ether oxygens (including phenoxy) is 1. The summed E-state index contributed by atoms with van der Waals surface area (Å²) >= 11 is 6.19. The van der Waals surface area contributed by atoms with Crippen molar-refractivity contribution in [1.29, 1.82) is 0 Å². The monoisotopic (exact) mass is 515 g/mol. The zero-order valence-corrected chi connectivity index (χ0v) is 23.9. The Balaban J connectivity index is 1.95. The molecule has 0 radical (unpaired) electrons. The number of hydrogen-bond acceptors (Lipinski definition) is 7. The van der Waals surface area contributed by atoms with E-state index in [4.69, 9.17) is 26.5 Å². The number of anilines is 1. The molecule has 0 saturated carbocycles. The van der Waals surface area contributed by atoms with Gasteiger partial charge in [-0.2, -0.15) is 9.97 Å². The predicted octanol–water partition coefficient (Wildman–Crippen LogP) is 5.75. The maximum atomic E-state index is 14.3. The summed E-state index contributed by atoms with van der Waals surface area (Å²) in [4.78, 5) is 12.7. The van der Waals surface area contributed by atoms with Crippen LogP contribution in [0.3, 0.4) is 0 Å². The minimum atomic E-state index is -2.71. The highest BCUT2D eigenvalue weighted by Gasteiger charge is 2.52. The molecule has 11 heteroatoms. The minimum Gasteiger partial charge on any atom is -0.411 e. The fraction of sp³-hybridized carbons (Fsp3) is 0.773. The summed E-state index contributed by atoms with van der Waals surface area (Å²) in [5.41, 5.74) is 6.89. The van der Waals surface area contributed by atoms with Crippen molar-refractivity contribution in [2.75, 3.05) is 5.73 Å². The maximum absolute atomic E-state index is 14.3. The zero-order valence-electron chi connectivity index (χ0n) is 21.3. The summed E-state index contributed by atoms with van der Waals surface area (Å²) in [5, 5.41) is 0.269. The first kappa shape index (κ1) is 26.6. The van der Waals surface area contributed by atoms with Gasteiger partial charge in [0, 0.05) is 17.7 Å². The van der Waals surface area contributed by atoms with Gasteiger partial charge in [-0.05, 0) is 18.1 Å². The van der Waals surface area contributed by atoms with Crippen molar-refractivity contribution < 1.29 is 13.7 Å².